The van der Waals surface area contributed by atoms with Crippen molar-refractivity contribution in [1.29, 1.82) is 0 Å². The van der Waals surface area contributed by atoms with Gasteiger partial charge in [0.05, 0.1) is 25.3 Å². The SMILES string of the molecule is OC[C@H]1CCCN1/N=N/N1CCC[C@@H]1CO. The van der Waals surface area contributed by atoms with Crippen LogP contribution in [-0.2, 0) is 0 Å². The van der Waals surface area contributed by atoms with E-state index in [-0.39, 0.29) is 25.3 Å². The first-order valence-corrected chi connectivity index (χ1v) is 6.01. The molecule has 2 aliphatic heterocycles. The molecule has 2 fully saturated rings. The second-order valence-corrected chi connectivity index (χ2v) is 4.46. The van der Waals surface area contributed by atoms with E-state index in [0.29, 0.717) is 0 Å². The smallest absolute Gasteiger partial charge is 0.0719 e. The summed E-state index contributed by atoms with van der Waals surface area (Å²) in [5.74, 6) is 0. The van der Waals surface area contributed by atoms with Crippen molar-refractivity contribution in [3.63, 3.8) is 0 Å². The molecular formula is C10H20N4O2. The minimum atomic E-state index is 0.124. The van der Waals surface area contributed by atoms with Gasteiger partial charge in [0.1, 0.15) is 0 Å². The molecule has 6 nitrogen and oxygen atoms in total. The predicted molar refractivity (Wildman–Crippen MR) is 58.5 cm³/mol. The number of aliphatic hydroxyl groups excluding tert-OH is 2. The summed E-state index contributed by atoms with van der Waals surface area (Å²) in [5, 5.41) is 30.3. The number of aliphatic hydroxyl groups is 2. The van der Waals surface area contributed by atoms with E-state index in [0.717, 1.165) is 38.8 Å². The van der Waals surface area contributed by atoms with E-state index < -0.39 is 0 Å². The number of hydrogen-bond acceptors (Lipinski definition) is 4. The number of hydrogen-bond donors (Lipinski definition) is 2. The van der Waals surface area contributed by atoms with Crippen LogP contribution in [-0.4, -0.2) is 58.6 Å². The normalized spacial score (nSPS) is 30.9. The fourth-order valence-electron chi connectivity index (χ4n) is 2.35. The van der Waals surface area contributed by atoms with E-state index in [2.05, 4.69) is 10.4 Å². The molecule has 16 heavy (non-hydrogen) atoms. The lowest BCUT2D eigenvalue weighted by Gasteiger charge is -2.21. The summed E-state index contributed by atoms with van der Waals surface area (Å²) < 4.78 is 0. The topological polar surface area (TPSA) is 71.7 Å². The van der Waals surface area contributed by atoms with Gasteiger partial charge in [-0.1, -0.05) is 10.4 Å². The van der Waals surface area contributed by atoms with Crippen LogP contribution in [0.4, 0.5) is 0 Å². The second-order valence-electron chi connectivity index (χ2n) is 4.46. The Morgan fingerprint density at radius 2 is 1.31 bits per heavy atom. The van der Waals surface area contributed by atoms with Crippen LogP contribution in [0.25, 0.3) is 0 Å². The highest BCUT2D eigenvalue weighted by Crippen LogP contribution is 2.20. The highest BCUT2D eigenvalue weighted by atomic mass is 16.3. The first-order valence-electron chi connectivity index (χ1n) is 6.01. The zero-order valence-electron chi connectivity index (χ0n) is 9.49. The van der Waals surface area contributed by atoms with Crippen LogP contribution < -0.4 is 0 Å². The standard InChI is InChI=1S/C10H20N4O2/c15-7-9-3-1-5-13(9)11-12-14-6-2-4-10(14)8-16/h9-10,15-16H,1-8H2/b12-11+/t9-,10-/m1/s1. The van der Waals surface area contributed by atoms with Crippen molar-refractivity contribution in [3.05, 3.63) is 0 Å². The van der Waals surface area contributed by atoms with E-state index in [1.165, 1.54) is 0 Å². The van der Waals surface area contributed by atoms with Crippen molar-refractivity contribution in [1.82, 2.24) is 10.0 Å². The third kappa shape index (κ3) is 2.44. The summed E-state index contributed by atoms with van der Waals surface area (Å²) in [6.07, 6.45) is 4.10. The fraction of sp³-hybridized carbons (Fsp3) is 1.00. The Balaban J connectivity index is 1.88. The van der Waals surface area contributed by atoms with Crippen LogP contribution in [0.1, 0.15) is 25.7 Å². The Morgan fingerprint density at radius 1 is 0.875 bits per heavy atom. The van der Waals surface area contributed by atoms with Crippen LogP contribution >= 0.6 is 0 Å². The molecule has 0 saturated carbocycles. The van der Waals surface area contributed by atoms with E-state index in [9.17, 15) is 0 Å². The van der Waals surface area contributed by atoms with E-state index in [4.69, 9.17) is 10.2 Å². The molecule has 0 spiro atoms. The lowest BCUT2D eigenvalue weighted by atomic mass is 10.2. The Morgan fingerprint density at radius 3 is 1.69 bits per heavy atom. The Labute approximate surface area is 95.5 Å². The van der Waals surface area contributed by atoms with Gasteiger partial charge in [-0.2, -0.15) is 0 Å². The van der Waals surface area contributed by atoms with Gasteiger partial charge in [0.15, 0.2) is 0 Å². The van der Waals surface area contributed by atoms with Gasteiger partial charge in [-0.15, -0.1) is 0 Å². The third-order valence-corrected chi connectivity index (χ3v) is 3.38. The van der Waals surface area contributed by atoms with Crippen molar-refractivity contribution >= 4 is 0 Å². The molecule has 2 rings (SSSR count). The second kappa shape index (κ2) is 5.45. The lowest BCUT2D eigenvalue weighted by molar-refractivity contribution is 0.114. The largest absolute Gasteiger partial charge is 0.394 e. The predicted octanol–water partition coefficient (Wildman–Crippen LogP) is 0.182. The molecule has 2 N–H and O–H groups in total. The van der Waals surface area contributed by atoms with Gasteiger partial charge in [0.2, 0.25) is 0 Å². The highest BCUT2D eigenvalue weighted by Gasteiger charge is 2.25. The average molecular weight is 228 g/mol. The molecule has 6 heteroatoms. The third-order valence-electron chi connectivity index (χ3n) is 3.38. The monoisotopic (exact) mass is 228 g/mol. The summed E-state index contributed by atoms with van der Waals surface area (Å²) in [7, 11) is 0. The van der Waals surface area contributed by atoms with Crippen LogP contribution in [0.15, 0.2) is 10.4 Å². The molecule has 0 amide bonds. The maximum atomic E-state index is 9.13. The molecule has 0 aromatic carbocycles. The average Bonchev–Trinajstić information content (AvgIpc) is 2.94. The molecule has 2 heterocycles. The van der Waals surface area contributed by atoms with Crippen molar-refractivity contribution in [3.8, 4) is 0 Å². The Kier molecular flexibility index (Phi) is 3.95. The molecule has 2 aliphatic rings. The first kappa shape index (κ1) is 11.6. The van der Waals surface area contributed by atoms with E-state index in [1.807, 2.05) is 10.0 Å². The zero-order chi connectivity index (χ0) is 11.4. The van der Waals surface area contributed by atoms with E-state index >= 15 is 0 Å². The molecule has 2 atom stereocenters. The number of rotatable bonds is 4. The fourth-order valence-corrected chi connectivity index (χ4v) is 2.35. The van der Waals surface area contributed by atoms with Crippen LogP contribution in [0, 0.1) is 0 Å². The molecule has 0 aromatic heterocycles. The van der Waals surface area contributed by atoms with Crippen LogP contribution in [0.5, 0.6) is 0 Å². The van der Waals surface area contributed by atoms with Gasteiger partial charge in [0, 0.05) is 13.1 Å². The zero-order valence-corrected chi connectivity index (χ0v) is 9.49. The summed E-state index contributed by atoms with van der Waals surface area (Å²) >= 11 is 0. The molecular weight excluding hydrogens is 208 g/mol. The molecule has 2 saturated heterocycles. The molecule has 0 aromatic rings. The van der Waals surface area contributed by atoms with Crippen LogP contribution in [0.2, 0.25) is 0 Å². The summed E-state index contributed by atoms with van der Waals surface area (Å²) in [6, 6.07) is 0.248. The molecule has 92 valence electrons. The van der Waals surface area contributed by atoms with Gasteiger partial charge < -0.3 is 10.2 Å². The van der Waals surface area contributed by atoms with Crippen molar-refractivity contribution in [2.24, 2.45) is 10.4 Å². The van der Waals surface area contributed by atoms with Gasteiger partial charge in [-0.3, -0.25) is 10.0 Å². The van der Waals surface area contributed by atoms with Crippen molar-refractivity contribution in [2.45, 2.75) is 37.8 Å². The molecule has 0 bridgehead atoms. The maximum absolute atomic E-state index is 9.13. The van der Waals surface area contributed by atoms with Gasteiger partial charge in [-0.25, -0.2) is 0 Å². The summed E-state index contributed by atoms with van der Waals surface area (Å²) in [6.45, 7) is 2.02. The quantitative estimate of drug-likeness (QED) is 0.673. The summed E-state index contributed by atoms with van der Waals surface area (Å²) in [4.78, 5) is 0. The van der Waals surface area contributed by atoms with Gasteiger partial charge in [-0.05, 0) is 25.7 Å². The maximum Gasteiger partial charge on any atom is 0.0719 e. The lowest BCUT2D eigenvalue weighted by Crippen LogP contribution is -2.30. The van der Waals surface area contributed by atoms with Crippen molar-refractivity contribution in [2.75, 3.05) is 26.3 Å². The summed E-state index contributed by atoms with van der Waals surface area (Å²) in [5.41, 5.74) is 0. The molecule has 0 aliphatic carbocycles. The molecule has 0 unspecified atom stereocenters. The number of nitrogens with zero attached hydrogens (tertiary/aromatic N) is 4. The Bertz CT molecular complexity index is 225. The van der Waals surface area contributed by atoms with Gasteiger partial charge in [0.25, 0.3) is 0 Å². The minimum absolute atomic E-state index is 0.124. The minimum Gasteiger partial charge on any atom is -0.394 e. The molecule has 0 radical (unpaired) electrons. The van der Waals surface area contributed by atoms with Crippen LogP contribution in [0.3, 0.4) is 0 Å². The van der Waals surface area contributed by atoms with E-state index in [1.54, 1.807) is 0 Å². The first-order chi connectivity index (χ1) is 7.85. The van der Waals surface area contributed by atoms with Gasteiger partial charge >= 0.3 is 0 Å². The Hall–Kier alpha value is -0.880. The highest BCUT2D eigenvalue weighted by molar-refractivity contribution is 4.76. The van der Waals surface area contributed by atoms with Crippen molar-refractivity contribution < 1.29 is 10.2 Å².